The molecule has 0 aromatic carbocycles. The zero-order chi connectivity index (χ0) is 13.1. The summed E-state index contributed by atoms with van der Waals surface area (Å²) >= 11 is 0. The molecule has 0 amide bonds. The first kappa shape index (κ1) is 21.8. The van der Waals surface area contributed by atoms with Crippen molar-refractivity contribution in [3.63, 3.8) is 0 Å². The molecule has 0 radical (unpaired) electrons. The molecule has 104 valence electrons. The third kappa shape index (κ3) is 12.5. The largest absolute Gasteiger partial charge is 1.00 e. The van der Waals surface area contributed by atoms with Crippen LogP contribution < -0.4 is 51.4 Å². The monoisotopic (exact) mass is 304 g/mol. The molecule has 0 aliphatic rings. The van der Waals surface area contributed by atoms with Gasteiger partial charge in [0.2, 0.25) is 0 Å². The van der Waals surface area contributed by atoms with Crippen LogP contribution in [-0.4, -0.2) is 29.9 Å². The number of aliphatic hydroxyl groups excluding tert-OH is 1. The smallest absolute Gasteiger partial charge is 0.748 e. The molecule has 0 saturated heterocycles. The van der Waals surface area contributed by atoms with Crippen LogP contribution in [0.2, 0.25) is 0 Å². The number of hydrogen-bond acceptors (Lipinski definition) is 4. The van der Waals surface area contributed by atoms with Crippen LogP contribution in [0.3, 0.4) is 0 Å². The van der Waals surface area contributed by atoms with Gasteiger partial charge in [-0.25, -0.2) is 8.42 Å². The fraction of sp³-hybridized carbons (Fsp3) is 1.00. The molecule has 0 aliphatic carbocycles. The van der Waals surface area contributed by atoms with Crippen LogP contribution in [0, 0.1) is 0 Å². The molecule has 1 N–H and O–H groups in total. The number of hydrogen-bond donors (Lipinski definition) is 1. The van der Waals surface area contributed by atoms with E-state index in [1.54, 1.807) is 0 Å². The maximum absolute atomic E-state index is 10.7. The molecule has 1 unspecified atom stereocenters. The molecule has 0 bridgehead atoms. The fourth-order valence-corrected chi connectivity index (χ4v) is 2.47. The minimum atomic E-state index is -4.32. The van der Waals surface area contributed by atoms with Gasteiger partial charge < -0.3 is 9.66 Å². The average molecular weight is 304 g/mol. The van der Waals surface area contributed by atoms with Crippen molar-refractivity contribution in [1.29, 1.82) is 0 Å². The van der Waals surface area contributed by atoms with Crippen LogP contribution in [0.5, 0.6) is 0 Å². The minimum absolute atomic E-state index is 0. The number of unbranched alkanes of at least 4 members (excludes halogenated alkanes) is 7. The van der Waals surface area contributed by atoms with Gasteiger partial charge in [-0.05, 0) is 6.42 Å². The van der Waals surface area contributed by atoms with Gasteiger partial charge in [-0.2, -0.15) is 0 Å². The molecule has 0 fully saturated rings. The predicted octanol–water partition coefficient (Wildman–Crippen LogP) is -0.573. The van der Waals surface area contributed by atoms with Crippen molar-refractivity contribution >= 4 is 10.1 Å². The van der Waals surface area contributed by atoms with E-state index in [4.69, 9.17) is 5.11 Å². The van der Waals surface area contributed by atoms with E-state index in [2.05, 4.69) is 6.92 Å². The Morgan fingerprint density at radius 3 is 1.83 bits per heavy atom. The zero-order valence-corrected chi connectivity index (χ0v) is 15.7. The van der Waals surface area contributed by atoms with E-state index in [9.17, 15) is 13.0 Å². The molecule has 0 aromatic heterocycles. The first-order chi connectivity index (χ1) is 8.02. The molecule has 18 heavy (non-hydrogen) atoms. The summed E-state index contributed by atoms with van der Waals surface area (Å²) in [4.78, 5) is 0. The fourth-order valence-electron chi connectivity index (χ4n) is 1.83. The van der Waals surface area contributed by atoms with Crippen molar-refractivity contribution in [2.75, 3.05) is 6.61 Å². The van der Waals surface area contributed by atoms with Gasteiger partial charge in [0, 0.05) is 0 Å². The second-order valence-corrected chi connectivity index (χ2v) is 6.21. The Kier molecular flexibility index (Phi) is 16.3. The second kappa shape index (κ2) is 13.5. The summed E-state index contributed by atoms with van der Waals surface area (Å²) in [5, 5.41) is 7.67. The van der Waals surface area contributed by atoms with E-state index in [1.807, 2.05) is 0 Å². The van der Waals surface area contributed by atoms with E-state index >= 15 is 0 Å². The summed E-state index contributed by atoms with van der Waals surface area (Å²) in [6, 6.07) is 0. The van der Waals surface area contributed by atoms with E-state index in [0.29, 0.717) is 6.42 Å². The van der Waals surface area contributed by atoms with Crippen molar-refractivity contribution < 1.29 is 69.5 Å². The Labute approximate surface area is 154 Å². The van der Waals surface area contributed by atoms with Gasteiger partial charge >= 0.3 is 51.4 Å². The number of aliphatic hydroxyl groups is 1. The van der Waals surface area contributed by atoms with Crippen LogP contribution in [-0.2, 0) is 10.1 Å². The normalized spacial score (nSPS) is 13.1. The number of rotatable bonds is 11. The summed E-state index contributed by atoms with van der Waals surface area (Å²) < 4.78 is 32.1. The van der Waals surface area contributed by atoms with Crippen LogP contribution in [0.15, 0.2) is 0 Å². The summed E-state index contributed by atoms with van der Waals surface area (Å²) in [5.74, 6) is 0. The van der Waals surface area contributed by atoms with Gasteiger partial charge in [-0.1, -0.05) is 58.3 Å². The molecular weight excluding hydrogens is 279 g/mol. The van der Waals surface area contributed by atoms with Gasteiger partial charge in [0.25, 0.3) is 0 Å². The molecule has 6 heteroatoms. The Bertz CT molecular complexity index is 267. The molecule has 4 nitrogen and oxygen atoms in total. The third-order valence-corrected chi connectivity index (χ3v) is 4.19. The third-order valence-electron chi connectivity index (χ3n) is 2.99. The Morgan fingerprint density at radius 2 is 1.44 bits per heavy atom. The van der Waals surface area contributed by atoms with Crippen molar-refractivity contribution in [2.45, 2.75) is 70.0 Å². The van der Waals surface area contributed by atoms with Gasteiger partial charge in [-0.3, -0.25) is 0 Å². The SMILES string of the molecule is CCCCCCCCCCC(CO)S(=O)(=O)[O-].[K+]. The van der Waals surface area contributed by atoms with E-state index in [1.165, 1.54) is 32.1 Å². The molecular formula is C12H25KO4S. The molecule has 0 aliphatic heterocycles. The molecule has 0 spiro atoms. The quantitative estimate of drug-likeness (QED) is 0.315. The van der Waals surface area contributed by atoms with E-state index < -0.39 is 22.0 Å². The topological polar surface area (TPSA) is 77.4 Å². The van der Waals surface area contributed by atoms with Gasteiger partial charge in [0.1, 0.15) is 0 Å². The van der Waals surface area contributed by atoms with Crippen molar-refractivity contribution in [3.8, 4) is 0 Å². The summed E-state index contributed by atoms with van der Waals surface area (Å²) in [6.45, 7) is 1.63. The van der Waals surface area contributed by atoms with Crippen molar-refractivity contribution in [3.05, 3.63) is 0 Å². The van der Waals surface area contributed by atoms with Gasteiger partial charge in [0.05, 0.1) is 22.0 Å². The standard InChI is InChI=1S/C12H26O4S.K/c1-2-3-4-5-6-7-8-9-10-12(11-13)17(14,15)16;/h12-13H,2-11H2,1H3,(H,14,15,16);/q;+1/p-1. The van der Waals surface area contributed by atoms with Crippen LogP contribution in [0.25, 0.3) is 0 Å². The maximum Gasteiger partial charge on any atom is 1.00 e. The minimum Gasteiger partial charge on any atom is -0.748 e. The average Bonchev–Trinajstić information content (AvgIpc) is 2.25. The Balaban J connectivity index is 0. The summed E-state index contributed by atoms with van der Waals surface area (Å²) in [6.07, 6.45) is 9.22. The van der Waals surface area contributed by atoms with Gasteiger partial charge in [-0.15, -0.1) is 0 Å². The Morgan fingerprint density at radius 1 is 1.00 bits per heavy atom. The predicted molar refractivity (Wildman–Crippen MR) is 67.8 cm³/mol. The first-order valence-electron chi connectivity index (χ1n) is 6.58. The van der Waals surface area contributed by atoms with E-state index in [-0.39, 0.29) is 57.8 Å². The molecule has 0 aromatic rings. The zero-order valence-electron chi connectivity index (χ0n) is 11.7. The van der Waals surface area contributed by atoms with E-state index in [0.717, 1.165) is 12.8 Å². The molecule has 0 rings (SSSR count). The first-order valence-corrected chi connectivity index (χ1v) is 8.05. The van der Waals surface area contributed by atoms with Crippen molar-refractivity contribution in [2.24, 2.45) is 0 Å². The maximum atomic E-state index is 10.7. The molecule has 0 saturated carbocycles. The summed E-state index contributed by atoms with van der Waals surface area (Å²) in [5.41, 5.74) is 0. The summed E-state index contributed by atoms with van der Waals surface area (Å²) in [7, 11) is -4.32. The van der Waals surface area contributed by atoms with Crippen LogP contribution >= 0.6 is 0 Å². The van der Waals surface area contributed by atoms with Crippen LogP contribution in [0.1, 0.15) is 64.7 Å². The Hall–Kier alpha value is 1.51. The molecule has 0 heterocycles. The van der Waals surface area contributed by atoms with Crippen molar-refractivity contribution in [1.82, 2.24) is 0 Å². The van der Waals surface area contributed by atoms with Gasteiger partial charge in [0.15, 0.2) is 0 Å². The van der Waals surface area contributed by atoms with Crippen LogP contribution in [0.4, 0.5) is 0 Å². The molecule has 1 atom stereocenters. The second-order valence-electron chi connectivity index (χ2n) is 4.56.